The van der Waals surface area contributed by atoms with E-state index < -0.39 is 12.4 Å². The van der Waals surface area contributed by atoms with E-state index in [-0.39, 0.29) is 18.3 Å². The van der Waals surface area contributed by atoms with Crippen molar-refractivity contribution < 1.29 is 27.8 Å². The van der Waals surface area contributed by atoms with Gasteiger partial charge in [0.25, 0.3) is 0 Å². The maximum atomic E-state index is 12.1. The number of carbonyl (C=O) groups is 1. The number of hydrogen-bond acceptors (Lipinski definition) is 4. The summed E-state index contributed by atoms with van der Waals surface area (Å²) in [7, 11) is 0. The molecule has 0 amide bonds. The fourth-order valence-corrected chi connectivity index (χ4v) is 2.76. The number of esters is 1. The predicted octanol–water partition coefficient (Wildman–Crippen LogP) is 2.75. The smallest absolute Gasteiger partial charge is 0.374 e. The molecule has 0 aromatic carbocycles. The molecule has 4 nitrogen and oxygen atoms in total. The van der Waals surface area contributed by atoms with Crippen molar-refractivity contribution in [1.29, 1.82) is 0 Å². The highest BCUT2D eigenvalue weighted by molar-refractivity contribution is 5.72. The lowest BCUT2D eigenvalue weighted by molar-refractivity contribution is -0.231. The van der Waals surface area contributed by atoms with Crippen molar-refractivity contribution in [1.82, 2.24) is 0 Å². The second-order valence-electron chi connectivity index (χ2n) is 5.58. The van der Waals surface area contributed by atoms with Gasteiger partial charge in [-0.25, -0.2) is 4.79 Å². The number of rotatable bonds is 4. The number of ether oxygens (including phenoxy) is 3. The minimum Gasteiger partial charge on any atom is -0.458 e. The van der Waals surface area contributed by atoms with Crippen LogP contribution in [0.15, 0.2) is 0 Å². The molecule has 1 aliphatic heterocycles. The first-order valence-electron chi connectivity index (χ1n) is 7.32. The predicted molar refractivity (Wildman–Crippen MR) is 67.3 cm³/mol. The second-order valence-corrected chi connectivity index (χ2v) is 5.58. The zero-order valence-electron chi connectivity index (χ0n) is 11.7. The van der Waals surface area contributed by atoms with Crippen LogP contribution in [0.1, 0.15) is 39.0 Å². The Morgan fingerprint density at radius 1 is 1.20 bits per heavy atom. The van der Waals surface area contributed by atoms with E-state index in [4.69, 9.17) is 14.2 Å². The fraction of sp³-hybridized carbons (Fsp3) is 0.929. The molecule has 0 atom stereocenters. The molecule has 0 aromatic rings. The molecule has 1 aliphatic carbocycles. The van der Waals surface area contributed by atoms with Gasteiger partial charge in [0.2, 0.25) is 0 Å². The van der Waals surface area contributed by atoms with Crippen LogP contribution >= 0.6 is 0 Å². The van der Waals surface area contributed by atoms with Crippen molar-refractivity contribution in [3.63, 3.8) is 0 Å². The first-order chi connectivity index (χ1) is 9.60. The normalized spacial score (nSPS) is 35.0. The molecule has 1 saturated carbocycles. The van der Waals surface area contributed by atoms with Crippen LogP contribution in [0.25, 0.3) is 0 Å². The third-order valence-corrected chi connectivity index (χ3v) is 4.13. The summed E-state index contributed by atoms with van der Waals surface area (Å²) in [5, 5.41) is 0. The Bertz CT molecular complexity index is 308. The number of halogens is 2. The van der Waals surface area contributed by atoms with E-state index in [2.05, 4.69) is 6.92 Å². The first-order valence-corrected chi connectivity index (χ1v) is 7.32. The molecule has 0 N–H and O–H groups in total. The van der Waals surface area contributed by atoms with Gasteiger partial charge < -0.3 is 14.2 Å². The number of alkyl halides is 2. The summed E-state index contributed by atoms with van der Waals surface area (Å²) in [4.78, 5) is 10.8. The van der Waals surface area contributed by atoms with Crippen molar-refractivity contribution in [2.75, 3.05) is 13.2 Å². The maximum absolute atomic E-state index is 12.1. The number of carbonyl (C=O) groups excluding carboxylic acids is 1. The Hall–Kier alpha value is -0.750. The van der Waals surface area contributed by atoms with Crippen molar-refractivity contribution in [2.24, 2.45) is 11.8 Å². The molecule has 0 aromatic heterocycles. The average molecular weight is 292 g/mol. The molecule has 1 heterocycles. The second kappa shape index (κ2) is 7.31. The van der Waals surface area contributed by atoms with Crippen LogP contribution in [-0.2, 0) is 19.0 Å². The molecule has 1 saturated heterocycles. The van der Waals surface area contributed by atoms with Gasteiger partial charge in [-0.15, -0.1) is 0 Å². The van der Waals surface area contributed by atoms with E-state index in [1.54, 1.807) is 0 Å². The molecule has 0 radical (unpaired) electrons. The molecule has 2 fully saturated rings. The van der Waals surface area contributed by atoms with E-state index in [1.807, 2.05) is 0 Å². The van der Waals surface area contributed by atoms with E-state index >= 15 is 0 Å². The van der Waals surface area contributed by atoms with Gasteiger partial charge in [-0.1, -0.05) is 6.92 Å². The minimum absolute atomic E-state index is 0.190. The molecule has 0 unspecified atom stereocenters. The number of hydrogen-bond donors (Lipinski definition) is 0. The van der Waals surface area contributed by atoms with E-state index in [9.17, 15) is 13.6 Å². The van der Waals surface area contributed by atoms with Crippen LogP contribution in [0.4, 0.5) is 8.78 Å². The van der Waals surface area contributed by atoms with Crippen molar-refractivity contribution in [3.05, 3.63) is 0 Å². The average Bonchev–Trinajstić information content (AvgIpc) is 2.48. The van der Waals surface area contributed by atoms with E-state index in [1.165, 1.54) is 0 Å². The van der Waals surface area contributed by atoms with E-state index in [0.717, 1.165) is 32.5 Å². The van der Waals surface area contributed by atoms with Crippen LogP contribution < -0.4 is 0 Å². The van der Waals surface area contributed by atoms with Gasteiger partial charge in [0.15, 0.2) is 6.29 Å². The largest absolute Gasteiger partial charge is 0.458 e. The van der Waals surface area contributed by atoms with Crippen molar-refractivity contribution >= 4 is 5.97 Å². The summed E-state index contributed by atoms with van der Waals surface area (Å²) in [5.41, 5.74) is 0. The fourth-order valence-electron chi connectivity index (χ4n) is 2.76. The van der Waals surface area contributed by atoms with Gasteiger partial charge in [0.1, 0.15) is 6.10 Å². The molecule has 20 heavy (non-hydrogen) atoms. The van der Waals surface area contributed by atoms with Gasteiger partial charge in [0, 0.05) is 11.8 Å². The zero-order valence-corrected chi connectivity index (χ0v) is 11.7. The zero-order chi connectivity index (χ0) is 14.5. The van der Waals surface area contributed by atoms with Crippen LogP contribution in [0, 0.1) is 11.8 Å². The Morgan fingerprint density at radius 2 is 1.80 bits per heavy atom. The molecule has 6 heteroatoms. The lowest BCUT2D eigenvalue weighted by atomic mass is 9.86. The summed E-state index contributed by atoms with van der Waals surface area (Å²) in [6.07, 6.45) is 0.189. The van der Waals surface area contributed by atoms with Crippen LogP contribution in [0.3, 0.4) is 0 Å². The highest BCUT2D eigenvalue weighted by Gasteiger charge is 2.34. The van der Waals surface area contributed by atoms with Crippen LogP contribution in [-0.4, -0.2) is 38.0 Å². The Balaban J connectivity index is 1.70. The lowest BCUT2D eigenvalue weighted by Gasteiger charge is -2.37. The van der Waals surface area contributed by atoms with Gasteiger partial charge in [-0.2, -0.15) is 8.78 Å². The van der Waals surface area contributed by atoms with Gasteiger partial charge in [-0.05, 0) is 32.1 Å². The quantitative estimate of drug-likeness (QED) is 0.747. The Morgan fingerprint density at radius 3 is 2.30 bits per heavy atom. The summed E-state index contributed by atoms with van der Waals surface area (Å²) < 4.78 is 40.4. The highest BCUT2D eigenvalue weighted by Crippen LogP contribution is 2.32. The first kappa shape index (κ1) is 15.6. The molecule has 2 rings (SSSR count). The summed E-state index contributed by atoms with van der Waals surface area (Å²) in [5.74, 6) is -0.673. The van der Waals surface area contributed by atoms with Crippen molar-refractivity contribution in [2.45, 2.75) is 57.8 Å². The summed E-state index contributed by atoms with van der Waals surface area (Å²) in [6, 6.07) is 0. The minimum atomic E-state index is -3.04. The monoisotopic (exact) mass is 292 g/mol. The Kier molecular flexibility index (Phi) is 5.72. The topological polar surface area (TPSA) is 44.8 Å². The van der Waals surface area contributed by atoms with Crippen LogP contribution in [0.2, 0.25) is 0 Å². The molecular formula is C14H22F2O4. The molecular weight excluding hydrogens is 270 g/mol. The third-order valence-electron chi connectivity index (χ3n) is 4.13. The van der Waals surface area contributed by atoms with Gasteiger partial charge in [-0.3, -0.25) is 0 Å². The highest BCUT2D eigenvalue weighted by atomic mass is 19.3. The van der Waals surface area contributed by atoms with Gasteiger partial charge >= 0.3 is 12.4 Å². The summed E-state index contributed by atoms with van der Waals surface area (Å²) >= 11 is 0. The third kappa shape index (κ3) is 4.12. The van der Waals surface area contributed by atoms with Gasteiger partial charge in [0.05, 0.1) is 13.2 Å². The maximum Gasteiger partial charge on any atom is 0.374 e. The lowest BCUT2D eigenvalue weighted by Crippen LogP contribution is -2.39. The molecule has 0 bridgehead atoms. The van der Waals surface area contributed by atoms with Crippen LogP contribution in [0.5, 0.6) is 0 Å². The SMILES string of the molecule is CCC1COC(C2CCC(OC(=O)C(F)F)CC2)OC1. The molecule has 0 spiro atoms. The standard InChI is InChI=1S/C14H22F2O4/c1-2-9-7-18-14(19-8-9)10-3-5-11(6-4-10)20-13(17)12(15)16/h9-12,14H,2-8H2,1H3. The summed E-state index contributed by atoms with van der Waals surface area (Å²) in [6.45, 7) is 3.56. The molecule has 2 aliphatic rings. The molecule has 116 valence electrons. The Labute approximate surface area is 117 Å². The van der Waals surface area contributed by atoms with Crippen molar-refractivity contribution in [3.8, 4) is 0 Å². The van der Waals surface area contributed by atoms with E-state index in [0.29, 0.717) is 18.8 Å².